The van der Waals surface area contributed by atoms with Gasteiger partial charge in [-0.25, -0.2) is 0 Å². The molecule has 4 heteroatoms. The summed E-state index contributed by atoms with van der Waals surface area (Å²) < 4.78 is 0. The molecule has 1 saturated carbocycles. The third-order valence-electron chi connectivity index (χ3n) is 3.71. The number of hydrogen-bond acceptors (Lipinski definition) is 3. The van der Waals surface area contributed by atoms with Crippen LogP contribution in [0.25, 0.3) is 0 Å². The van der Waals surface area contributed by atoms with Crippen molar-refractivity contribution in [1.82, 2.24) is 4.90 Å². The van der Waals surface area contributed by atoms with Crippen molar-refractivity contribution in [2.75, 3.05) is 19.6 Å². The number of likely N-dealkylation sites (tertiary alicyclic amines) is 1. The van der Waals surface area contributed by atoms with Gasteiger partial charge in [0.05, 0.1) is 5.41 Å². The van der Waals surface area contributed by atoms with Gasteiger partial charge in [0.15, 0.2) is 0 Å². The SMILES string of the molecule is CC(C)(CN1CC2(CC(N)C2)C1)C(=O)O. The molecule has 0 radical (unpaired) electrons. The Bertz CT molecular complexity index is 274. The molecule has 0 amide bonds. The van der Waals surface area contributed by atoms with Crippen LogP contribution in [0.15, 0.2) is 0 Å². The minimum absolute atomic E-state index is 0.389. The van der Waals surface area contributed by atoms with Gasteiger partial charge in [-0.05, 0) is 32.1 Å². The highest BCUT2D eigenvalue weighted by Crippen LogP contribution is 2.48. The number of nitrogens with zero attached hydrogens (tertiary/aromatic N) is 1. The standard InChI is InChI=1S/C11H20N2O2/c1-10(2,9(14)15)5-13-6-11(7-13)3-8(12)4-11/h8H,3-7,12H2,1-2H3,(H,14,15). The normalized spacial score (nSPS) is 26.1. The van der Waals surface area contributed by atoms with E-state index < -0.39 is 11.4 Å². The fourth-order valence-corrected chi connectivity index (χ4v) is 2.95. The maximum Gasteiger partial charge on any atom is 0.310 e. The highest BCUT2D eigenvalue weighted by molar-refractivity contribution is 5.73. The lowest BCUT2D eigenvalue weighted by Crippen LogP contribution is -2.66. The molecule has 0 atom stereocenters. The van der Waals surface area contributed by atoms with Crippen LogP contribution in [0.3, 0.4) is 0 Å². The van der Waals surface area contributed by atoms with Gasteiger partial charge in [-0.1, -0.05) is 0 Å². The van der Waals surface area contributed by atoms with E-state index in [0.717, 1.165) is 25.9 Å². The van der Waals surface area contributed by atoms with Crippen LogP contribution in [0.1, 0.15) is 26.7 Å². The Morgan fingerprint density at radius 3 is 2.47 bits per heavy atom. The minimum Gasteiger partial charge on any atom is -0.481 e. The number of nitrogens with two attached hydrogens (primary N) is 1. The second kappa shape index (κ2) is 3.19. The fraction of sp³-hybridized carbons (Fsp3) is 0.909. The molecule has 2 rings (SSSR count). The Labute approximate surface area is 90.4 Å². The quantitative estimate of drug-likeness (QED) is 0.715. The molecule has 1 spiro atoms. The highest BCUT2D eigenvalue weighted by Gasteiger charge is 2.52. The number of carboxylic acid groups (broad SMARTS) is 1. The Morgan fingerprint density at radius 1 is 1.53 bits per heavy atom. The molecule has 1 saturated heterocycles. The van der Waals surface area contributed by atoms with Gasteiger partial charge in [0.1, 0.15) is 0 Å². The van der Waals surface area contributed by atoms with Gasteiger partial charge in [0.2, 0.25) is 0 Å². The smallest absolute Gasteiger partial charge is 0.310 e. The second-order valence-electron chi connectivity index (χ2n) is 6.00. The summed E-state index contributed by atoms with van der Waals surface area (Å²) in [6.45, 7) is 6.30. The molecule has 4 nitrogen and oxygen atoms in total. The van der Waals surface area contributed by atoms with Gasteiger partial charge in [0, 0.05) is 25.7 Å². The van der Waals surface area contributed by atoms with E-state index >= 15 is 0 Å². The van der Waals surface area contributed by atoms with E-state index in [1.807, 2.05) is 0 Å². The van der Waals surface area contributed by atoms with Gasteiger partial charge in [-0.15, -0.1) is 0 Å². The van der Waals surface area contributed by atoms with Crippen molar-refractivity contribution in [2.24, 2.45) is 16.6 Å². The van der Waals surface area contributed by atoms with Crippen molar-refractivity contribution in [2.45, 2.75) is 32.7 Å². The lowest BCUT2D eigenvalue weighted by atomic mass is 9.60. The molecule has 3 N–H and O–H groups in total. The molecule has 15 heavy (non-hydrogen) atoms. The zero-order valence-electron chi connectivity index (χ0n) is 9.49. The molecule has 86 valence electrons. The van der Waals surface area contributed by atoms with Crippen molar-refractivity contribution in [3.8, 4) is 0 Å². The third-order valence-corrected chi connectivity index (χ3v) is 3.71. The Hall–Kier alpha value is -0.610. The first kappa shape index (κ1) is 10.9. The molecule has 0 aromatic carbocycles. The van der Waals surface area contributed by atoms with E-state index in [1.54, 1.807) is 13.8 Å². The van der Waals surface area contributed by atoms with Crippen LogP contribution in [0.4, 0.5) is 0 Å². The summed E-state index contributed by atoms with van der Waals surface area (Å²) in [6.07, 6.45) is 2.24. The largest absolute Gasteiger partial charge is 0.481 e. The van der Waals surface area contributed by atoms with Gasteiger partial charge in [-0.3, -0.25) is 4.79 Å². The van der Waals surface area contributed by atoms with Crippen molar-refractivity contribution < 1.29 is 9.90 Å². The van der Waals surface area contributed by atoms with E-state index in [4.69, 9.17) is 10.8 Å². The highest BCUT2D eigenvalue weighted by atomic mass is 16.4. The summed E-state index contributed by atoms with van der Waals surface area (Å²) >= 11 is 0. The summed E-state index contributed by atoms with van der Waals surface area (Å²) in [4.78, 5) is 13.2. The van der Waals surface area contributed by atoms with E-state index in [9.17, 15) is 4.79 Å². The second-order valence-corrected chi connectivity index (χ2v) is 6.00. The summed E-state index contributed by atoms with van der Waals surface area (Å²) in [5.74, 6) is -0.714. The lowest BCUT2D eigenvalue weighted by molar-refractivity contribution is -0.152. The maximum atomic E-state index is 10.9. The summed E-state index contributed by atoms with van der Waals surface area (Å²) in [6, 6.07) is 0.389. The molecule has 0 bridgehead atoms. The van der Waals surface area contributed by atoms with Crippen molar-refractivity contribution >= 4 is 5.97 Å². The first-order valence-corrected chi connectivity index (χ1v) is 5.54. The summed E-state index contributed by atoms with van der Waals surface area (Å²) in [7, 11) is 0. The molecule has 1 heterocycles. The first-order chi connectivity index (χ1) is 6.83. The van der Waals surface area contributed by atoms with Crippen LogP contribution in [0.5, 0.6) is 0 Å². The molecular formula is C11H20N2O2. The van der Waals surface area contributed by atoms with Crippen LogP contribution >= 0.6 is 0 Å². The summed E-state index contributed by atoms with van der Waals surface area (Å²) in [5.41, 5.74) is 5.59. The van der Waals surface area contributed by atoms with Crippen LogP contribution in [0.2, 0.25) is 0 Å². The molecule has 2 aliphatic rings. The maximum absolute atomic E-state index is 10.9. The average Bonchev–Trinajstić information content (AvgIpc) is 1.97. The number of hydrogen-bond donors (Lipinski definition) is 2. The number of carboxylic acids is 1. The topological polar surface area (TPSA) is 66.6 Å². The van der Waals surface area contributed by atoms with Gasteiger partial charge < -0.3 is 15.7 Å². The average molecular weight is 212 g/mol. The van der Waals surface area contributed by atoms with Crippen LogP contribution in [0, 0.1) is 10.8 Å². The summed E-state index contributed by atoms with van der Waals surface area (Å²) in [5, 5.41) is 9.01. The predicted octanol–water partition coefficient (Wildman–Crippen LogP) is 0.520. The van der Waals surface area contributed by atoms with Crippen molar-refractivity contribution in [3.05, 3.63) is 0 Å². The molecule has 0 aromatic heterocycles. The Kier molecular flexibility index (Phi) is 2.32. The van der Waals surface area contributed by atoms with Crippen molar-refractivity contribution in [1.29, 1.82) is 0 Å². The molecule has 0 aromatic rings. The van der Waals surface area contributed by atoms with Gasteiger partial charge >= 0.3 is 5.97 Å². The van der Waals surface area contributed by atoms with E-state index in [-0.39, 0.29) is 0 Å². The van der Waals surface area contributed by atoms with E-state index in [1.165, 1.54) is 0 Å². The molecule has 0 unspecified atom stereocenters. The van der Waals surface area contributed by atoms with Gasteiger partial charge in [0.25, 0.3) is 0 Å². The first-order valence-electron chi connectivity index (χ1n) is 5.54. The number of carbonyl (C=O) groups is 1. The zero-order chi connectivity index (χ0) is 11.3. The van der Waals surface area contributed by atoms with E-state index in [0.29, 0.717) is 18.0 Å². The Morgan fingerprint density at radius 2 is 2.07 bits per heavy atom. The van der Waals surface area contributed by atoms with Crippen LogP contribution in [-0.4, -0.2) is 41.7 Å². The molecule has 1 aliphatic heterocycles. The number of aliphatic carboxylic acids is 1. The Balaban J connectivity index is 1.79. The molecular weight excluding hydrogens is 192 g/mol. The van der Waals surface area contributed by atoms with Crippen LogP contribution in [-0.2, 0) is 4.79 Å². The minimum atomic E-state index is -0.714. The molecule has 2 fully saturated rings. The van der Waals surface area contributed by atoms with Gasteiger partial charge in [-0.2, -0.15) is 0 Å². The fourth-order valence-electron chi connectivity index (χ4n) is 2.95. The molecule has 1 aliphatic carbocycles. The lowest BCUT2D eigenvalue weighted by Gasteiger charge is -2.59. The van der Waals surface area contributed by atoms with Crippen molar-refractivity contribution in [3.63, 3.8) is 0 Å². The number of rotatable bonds is 3. The van der Waals surface area contributed by atoms with Crippen LogP contribution < -0.4 is 5.73 Å². The zero-order valence-corrected chi connectivity index (χ0v) is 9.49. The predicted molar refractivity (Wildman–Crippen MR) is 57.5 cm³/mol. The van der Waals surface area contributed by atoms with E-state index in [2.05, 4.69) is 4.90 Å². The third kappa shape index (κ3) is 1.88. The monoisotopic (exact) mass is 212 g/mol.